The Morgan fingerprint density at radius 1 is 1.33 bits per heavy atom. The number of hydrogen-bond donors (Lipinski definition) is 1. The fourth-order valence-electron chi connectivity index (χ4n) is 2.26. The van der Waals surface area contributed by atoms with Gasteiger partial charge in [0.1, 0.15) is 11.8 Å². The van der Waals surface area contributed by atoms with Gasteiger partial charge in [0, 0.05) is 16.6 Å². The molecule has 1 aromatic carbocycles. The van der Waals surface area contributed by atoms with Crippen LogP contribution in [0.5, 0.6) is 0 Å². The molecule has 1 saturated heterocycles. The van der Waals surface area contributed by atoms with Crippen LogP contribution in [-0.2, 0) is 4.74 Å². The van der Waals surface area contributed by atoms with Crippen molar-refractivity contribution in [3.8, 4) is 11.1 Å². The SMILES string of the molecule is Nc1onc(C2CCCO2)c1-c1ccccc1Br. The molecule has 0 aliphatic carbocycles. The minimum atomic E-state index is -0.00634. The highest BCUT2D eigenvalue weighted by atomic mass is 79.9. The first-order chi connectivity index (χ1) is 8.77. The van der Waals surface area contributed by atoms with E-state index in [0.717, 1.165) is 40.7 Å². The molecule has 94 valence electrons. The number of ether oxygens (including phenoxy) is 1. The average molecular weight is 309 g/mol. The second kappa shape index (κ2) is 4.74. The third-order valence-electron chi connectivity index (χ3n) is 3.12. The van der Waals surface area contributed by atoms with Crippen molar-refractivity contribution >= 4 is 21.8 Å². The molecular formula is C13H13BrN2O2. The van der Waals surface area contributed by atoms with Crippen LogP contribution in [0.2, 0.25) is 0 Å². The van der Waals surface area contributed by atoms with Crippen LogP contribution in [0.4, 0.5) is 5.88 Å². The van der Waals surface area contributed by atoms with Gasteiger partial charge in [0.25, 0.3) is 0 Å². The lowest BCUT2D eigenvalue weighted by atomic mass is 10.0. The Morgan fingerprint density at radius 2 is 2.17 bits per heavy atom. The zero-order valence-electron chi connectivity index (χ0n) is 9.73. The van der Waals surface area contributed by atoms with Gasteiger partial charge in [-0.3, -0.25) is 0 Å². The maximum absolute atomic E-state index is 5.90. The predicted octanol–water partition coefficient (Wildman–Crippen LogP) is 3.54. The summed E-state index contributed by atoms with van der Waals surface area (Å²) in [5, 5.41) is 4.07. The molecule has 5 heteroatoms. The predicted molar refractivity (Wildman–Crippen MR) is 72.0 cm³/mol. The molecule has 4 nitrogen and oxygen atoms in total. The summed E-state index contributed by atoms with van der Waals surface area (Å²) in [6.45, 7) is 0.771. The molecule has 0 saturated carbocycles. The molecule has 1 aliphatic heterocycles. The van der Waals surface area contributed by atoms with Crippen molar-refractivity contribution < 1.29 is 9.26 Å². The maximum Gasteiger partial charge on any atom is 0.230 e. The van der Waals surface area contributed by atoms with E-state index in [1.54, 1.807) is 0 Å². The standard InChI is InChI=1S/C13H13BrN2O2/c14-9-5-2-1-4-8(9)11-12(16-18-13(11)15)10-6-3-7-17-10/h1-2,4-5,10H,3,6-7,15H2. The van der Waals surface area contributed by atoms with Crippen LogP contribution in [-0.4, -0.2) is 11.8 Å². The van der Waals surface area contributed by atoms with E-state index < -0.39 is 0 Å². The van der Waals surface area contributed by atoms with Crippen LogP contribution in [0.25, 0.3) is 11.1 Å². The van der Waals surface area contributed by atoms with Gasteiger partial charge in [0.2, 0.25) is 5.88 Å². The van der Waals surface area contributed by atoms with Crippen molar-refractivity contribution in [1.29, 1.82) is 0 Å². The van der Waals surface area contributed by atoms with Gasteiger partial charge in [-0.25, -0.2) is 0 Å². The number of benzene rings is 1. The van der Waals surface area contributed by atoms with Crippen molar-refractivity contribution in [1.82, 2.24) is 5.16 Å². The van der Waals surface area contributed by atoms with Gasteiger partial charge >= 0.3 is 0 Å². The van der Waals surface area contributed by atoms with Crippen LogP contribution < -0.4 is 5.73 Å². The number of hydrogen-bond acceptors (Lipinski definition) is 4. The number of nitrogens with zero attached hydrogens (tertiary/aromatic N) is 1. The molecule has 1 aliphatic rings. The molecule has 1 atom stereocenters. The summed E-state index contributed by atoms with van der Waals surface area (Å²) in [5.41, 5.74) is 8.54. The van der Waals surface area contributed by atoms with E-state index in [1.165, 1.54) is 0 Å². The Labute approximate surface area is 113 Å². The van der Waals surface area contributed by atoms with Gasteiger partial charge in [-0.2, -0.15) is 0 Å². The normalized spacial score (nSPS) is 19.3. The molecule has 0 radical (unpaired) electrons. The van der Waals surface area contributed by atoms with Crippen molar-refractivity contribution in [3.63, 3.8) is 0 Å². The Kier molecular flexibility index (Phi) is 3.09. The van der Waals surface area contributed by atoms with Gasteiger partial charge in [-0.15, -0.1) is 0 Å². The quantitative estimate of drug-likeness (QED) is 0.921. The molecule has 1 fully saturated rings. The molecule has 2 heterocycles. The number of rotatable bonds is 2. The summed E-state index contributed by atoms with van der Waals surface area (Å²) in [6, 6.07) is 7.89. The fraction of sp³-hybridized carbons (Fsp3) is 0.308. The molecule has 3 rings (SSSR count). The minimum absolute atomic E-state index is 0.00634. The van der Waals surface area contributed by atoms with Gasteiger partial charge in [-0.1, -0.05) is 39.3 Å². The minimum Gasteiger partial charge on any atom is -0.372 e. The van der Waals surface area contributed by atoms with E-state index in [4.69, 9.17) is 15.0 Å². The highest BCUT2D eigenvalue weighted by Gasteiger charge is 2.27. The molecule has 18 heavy (non-hydrogen) atoms. The number of nitrogens with two attached hydrogens (primary N) is 1. The molecule has 0 amide bonds. The monoisotopic (exact) mass is 308 g/mol. The topological polar surface area (TPSA) is 61.3 Å². The first-order valence-corrected chi connectivity index (χ1v) is 6.68. The van der Waals surface area contributed by atoms with Crippen molar-refractivity contribution in [2.75, 3.05) is 12.3 Å². The van der Waals surface area contributed by atoms with Crippen molar-refractivity contribution in [3.05, 3.63) is 34.4 Å². The second-order valence-electron chi connectivity index (χ2n) is 4.29. The highest BCUT2D eigenvalue weighted by molar-refractivity contribution is 9.10. The van der Waals surface area contributed by atoms with Crippen LogP contribution in [0, 0.1) is 0 Å². The van der Waals surface area contributed by atoms with E-state index in [9.17, 15) is 0 Å². The van der Waals surface area contributed by atoms with Gasteiger partial charge in [0.15, 0.2) is 0 Å². The number of nitrogen functional groups attached to an aromatic ring is 1. The molecule has 1 aromatic heterocycles. The Bertz CT molecular complexity index is 562. The molecule has 2 aromatic rings. The summed E-state index contributed by atoms with van der Waals surface area (Å²) in [6.07, 6.45) is 2.00. The van der Waals surface area contributed by atoms with E-state index in [1.807, 2.05) is 24.3 Å². The van der Waals surface area contributed by atoms with Crippen LogP contribution in [0.3, 0.4) is 0 Å². The first kappa shape index (κ1) is 11.7. The lowest BCUT2D eigenvalue weighted by Crippen LogP contribution is -1.99. The van der Waals surface area contributed by atoms with Crippen LogP contribution in [0.1, 0.15) is 24.6 Å². The molecule has 1 unspecified atom stereocenters. The van der Waals surface area contributed by atoms with Gasteiger partial charge in [0.05, 0.1) is 5.56 Å². The Hall–Kier alpha value is -1.33. The average Bonchev–Trinajstić information content (AvgIpc) is 2.99. The van der Waals surface area contributed by atoms with Gasteiger partial charge < -0.3 is 15.0 Å². The highest BCUT2D eigenvalue weighted by Crippen LogP contribution is 2.40. The maximum atomic E-state index is 5.90. The molecule has 2 N–H and O–H groups in total. The van der Waals surface area contributed by atoms with E-state index >= 15 is 0 Å². The third kappa shape index (κ3) is 1.93. The van der Waals surface area contributed by atoms with Crippen LogP contribution >= 0.6 is 15.9 Å². The van der Waals surface area contributed by atoms with E-state index in [-0.39, 0.29) is 6.10 Å². The van der Waals surface area contributed by atoms with E-state index in [0.29, 0.717) is 5.88 Å². The summed E-state index contributed by atoms with van der Waals surface area (Å²) < 4.78 is 11.8. The first-order valence-electron chi connectivity index (χ1n) is 5.89. The summed E-state index contributed by atoms with van der Waals surface area (Å²) in [4.78, 5) is 0. The number of aromatic nitrogens is 1. The summed E-state index contributed by atoms with van der Waals surface area (Å²) in [7, 11) is 0. The lowest BCUT2D eigenvalue weighted by Gasteiger charge is -2.09. The fourth-order valence-corrected chi connectivity index (χ4v) is 2.75. The van der Waals surface area contributed by atoms with Gasteiger partial charge in [-0.05, 0) is 18.9 Å². The summed E-state index contributed by atoms with van der Waals surface area (Å²) in [5.74, 6) is 0.340. The molecule has 0 bridgehead atoms. The van der Waals surface area contributed by atoms with Crippen molar-refractivity contribution in [2.45, 2.75) is 18.9 Å². The van der Waals surface area contributed by atoms with Crippen LogP contribution in [0.15, 0.2) is 33.3 Å². The molecule has 0 spiro atoms. The largest absolute Gasteiger partial charge is 0.372 e. The smallest absolute Gasteiger partial charge is 0.230 e. The second-order valence-corrected chi connectivity index (χ2v) is 5.14. The summed E-state index contributed by atoms with van der Waals surface area (Å²) >= 11 is 3.53. The number of halogens is 1. The zero-order valence-corrected chi connectivity index (χ0v) is 11.3. The number of anilines is 1. The van der Waals surface area contributed by atoms with Crippen molar-refractivity contribution in [2.24, 2.45) is 0 Å². The molecular weight excluding hydrogens is 296 g/mol. The Balaban J connectivity index is 2.11. The lowest BCUT2D eigenvalue weighted by molar-refractivity contribution is 0.106. The van der Waals surface area contributed by atoms with E-state index in [2.05, 4.69) is 21.1 Å². The Morgan fingerprint density at radius 3 is 2.89 bits per heavy atom. The third-order valence-corrected chi connectivity index (χ3v) is 3.81. The zero-order chi connectivity index (χ0) is 12.5.